The van der Waals surface area contributed by atoms with Crippen LogP contribution in [-0.4, -0.2) is 71.5 Å². The second-order valence-electron chi connectivity index (χ2n) is 5.80. The monoisotopic (exact) mass is 365 g/mol. The second-order valence-corrected chi connectivity index (χ2v) is 9.39. The fourth-order valence-corrected chi connectivity index (χ4v) is 5.44. The van der Waals surface area contributed by atoms with E-state index in [1.165, 1.54) is 6.07 Å². The van der Waals surface area contributed by atoms with Crippen LogP contribution in [0, 0.1) is 0 Å². The molecule has 1 aromatic heterocycles. The molecule has 0 unspecified atom stereocenters. The maximum atomic E-state index is 13.0. The predicted octanol–water partition coefficient (Wildman–Crippen LogP) is 2.24. The van der Waals surface area contributed by atoms with Crippen LogP contribution in [0.5, 0.6) is 0 Å². The van der Waals surface area contributed by atoms with Crippen LogP contribution in [0.25, 0.3) is 11.0 Å². The van der Waals surface area contributed by atoms with Crippen LogP contribution < -0.4 is 4.62 Å². The molecule has 0 amide bonds. The van der Waals surface area contributed by atoms with Gasteiger partial charge in [-0.15, -0.1) is 19.1 Å². The first-order valence-corrected chi connectivity index (χ1v) is 8.62. The number of hydrogen-bond acceptors (Lipinski definition) is 6. The van der Waals surface area contributed by atoms with Crippen molar-refractivity contribution in [2.75, 3.05) is 42.3 Å². The summed E-state index contributed by atoms with van der Waals surface area (Å²) in [5, 5.41) is 7.76. The van der Waals surface area contributed by atoms with E-state index >= 15 is 0 Å². The van der Waals surface area contributed by atoms with E-state index in [1.807, 2.05) is 56.3 Å². The summed E-state index contributed by atoms with van der Waals surface area (Å²) in [5.74, 6) is 0. The van der Waals surface area contributed by atoms with E-state index in [0.29, 0.717) is 5.52 Å². The molecule has 134 valence electrons. The highest BCUT2D eigenvalue weighted by atomic mass is 31.2. The summed E-state index contributed by atoms with van der Waals surface area (Å²) in [6.45, 7) is 0. The Bertz CT molecular complexity index is 694. The summed E-state index contributed by atoms with van der Waals surface area (Å²) in [7, 11) is 8.57. The normalized spacial score (nSPS) is 13.5. The van der Waals surface area contributed by atoms with E-state index in [9.17, 15) is 13.2 Å². The molecule has 0 spiro atoms. The lowest BCUT2D eigenvalue weighted by molar-refractivity contribution is -0.137. The van der Waals surface area contributed by atoms with Crippen molar-refractivity contribution < 1.29 is 17.8 Å². The van der Waals surface area contributed by atoms with Crippen LogP contribution in [-0.2, 0) is 6.18 Å². The predicted molar refractivity (Wildman–Crippen MR) is 87.1 cm³/mol. The third kappa shape index (κ3) is 3.19. The zero-order valence-corrected chi connectivity index (χ0v) is 15.3. The molecule has 2 aromatic rings. The van der Waals surface area contributed by atoms with Crippen LogP contribution in [0.4, 0.5) is 13.2 Å². The number of fused-ring (bicyclic) bond motifs is 1. The fourth-order valence-electron chi connectivity index (χ4n) is 2.53. The molecule has 2 rings (SSSR count). The van der Waals surface area contributed by atoms with Gasteiger partial charge in [-0.2, -0.15) is 17.8 Å². The Balaban J connectivity index is 2.55. The fraction of sp³-hybridized carbons (Fsp3) is 0.538. The van der Waals surface area contributed by atoms with E-state index in [2.05, 4.69) is 10.3 Å². The van der Waals surface area contributed by atoms with Gasteiger partial charge in [0, 0.05) is 42.3 Å². The number of alkyl halides is 3. The van der Waals surface area contributed by atoms with Gasteiger partial charge < -0.3 is 0 Å². The lowest BCUT2D eigenvalue weighted by atomic mass is 10.2. The third-order valence-corrected chi connectivity index (χ3v) is 6.99. The quantitative estimate of drug-likeness (QED) is 0.758. The largest absolute Gasteiger partial charge is 0.449 e. The van der Waals surface area contributed by atoms with Gasteiger partial charge in [-0.25, -0.2) is 0 Å². The molecular formula is C13H21F3N6OP+. The van der Waals surface area contributed by atoms with Crippen molar-refractivity contribution in [2.24, 2.45) is 0 Å². The van der Waals surface area contributed by atoms with Gasteiger partial charge in [0.25, 0.3) is 0 Å². The Morgan fingerprint density at radius 1 is 1.00 bits per heavy atom. The number of benzene rings is 1. The topological polar surface area (TPSA) is 49.7 Å². The van der Waals surface area contributed by atoms with Crippen molar-refractivity contribution in [3.63, 3.8) is 0 Å². The lowest BCUT2D eigenvalue weighted by Crippen LogP contribution is -2.42. The molecule has 1 heterocycles. The minimum atomic E-state index is -4.44. The van der Waals surface area contributed by atoms with Crippen molar-refractivity contribution in [1.29, 1.82) is 0 Å². The zero-order valence-electron chi connectivity index (χ0n) is 14.4. The van der Waals surface area contributed by atoms with Crippen LogP contribution in [0.15, 0.2) is 18.2 Å². The van der Waals surface area contributed by atoms with Crippen molar-refractivity contribution in [3.05, 3.63) is 23.8 Å². The highest BCUT2D eigenvalue weighted by Crippen LogP contribution is 2.61. The highest BCUT2D eigenvalue weighted by molar-refractivity contribution is 7.64. The van der Waals surface area contributed by atoms with E-state index in [-0.39, 0.29) is 5.52 Å². The maximum absolute atomic E-state index is 13.0. The van der Waals surface area contributed by atoms with E-state index in [1.54, 1.807) is 0 Å². The van der Waals surface area contributed by atoms with Crippen molar-refractivity contribution in [3.8, 4) is 0 Å². The number of halogens is 3. The summed E-state index contributed by atoms with van der Waals surface area (Å²) < 4.78 is 50.6. The van der Waals surface area contributed by atoms with Gasteiger partial charge in [0.2, 0.25) is 0 Å². The molecule has 0 fully saturated rings. The molecule has 0 aliphatic carbocycles. The average molecular weight is 365 g/mol. The van der Waals surface area contributed by atoms with E-state index < -0.39 is 19.7 Å². The van der Waals surface area contributed by atoms with Gasteiger partial charge in [-0.05, 0) is 28.3 Å². The van der Waals surface area contributed by atoms with Crippen LogP contribution in [0.3, 0.4) is 0 Å². The van der Waals surface area contributed by atoms with Crippen molar-refractivity contribution >= 4 is 19.0 Å². The SMILES string of the molecule is CN(C)[P+](On1nnc2ccc(C(F)(F)F)cc21)(N(C)C)N(C)C. The summed E-state index contributed by atoms with van der Waals surface area (Å²) in [6, 6.07) is 3.25. The van der Waals surface area contributed by atoms with Gasteiger partial charge in [0.15, 0.2) is 0 Å². The Morgan fingerprint density at radius 3 is 2.00 bits per heavy atom. The molecule has 0 aliphatic rings. The van der Waals surface area contributed by atoms with Crippen LogP contribution in [0.2, 0.25) is 0 Å². The molecule has 7 nitrogen and oxygen atoms in total. The minimum absolute atomic E-state index is 0.166. The minimum Gasteiger partial charge on any atom is -0.183 e. The van der Waals surface area contributed by atoms with E-state index in [4.69, 9.17) is 4.62 Å². The summed E-state index contributed by atoms with van der Waals surface area (Å²) in [4.78, 5) is 1.07. The molecule has 11 heteroatoms. The number of nitrogens with zero attached hydrogens (tertiary/aromatic N) is 6. The van der Waals surface area contributed by atoms with Crippen molar-refractivity contribution in [1.82, 2.24) is 29.2 Å². The Hall–Kier alpha value is -1.48. The Kier molecular flexibility index (Phi) is 5.06. The Labute approximate surface area is 139 Å². The lowest BCUT2D eigenvalue weighted by Gasteiger charge is -2.35. The summed E-state index contributed by atoms with van der Waals surface area (Å²) in [6.07, 6.45) is -4.44. The molecule has 0 saturated heterocycles. The highest BCUT2D eigenvalue weighted by Gasteiger charge is 2.54. The molecule has 0 saturated carbocycles. The molecule has 24 heavy (non-hydrogen) atoms. The molecular weight excluding hydrogens is 344 g/mol. The molecule has 0 radical (unpaired) electrons. The third-order valence-electron chi connectivity index (χ3n) is 3.49. The van der Waals surface area contributed by atoms with Gasteiger partial charge in [0.05, 0.1) is 5.56 Å². The molecule has 0 aliphatic heterocycles. The van der Waals surface area contributed by atoms with E-state index in [0.717, 1.165) is 17.0 Å². The molecule has 0 N–H and O–H groups in total. The van der Waals surface area contributed by atoms with Crippen LogP contribution >= 0.6 is 7.94 Å². The first kappa shape index (κ1) is 18.9. The van der Waals surface area contributed by atoms with Crippen molar-refractivity contribution in [2.45, 2.75) is 6.18 Å². The van der Waals surface area contributed by atoms with Gasteiger partial charge >= 0.3 is 14.1 Å². The second kappa shape index (κ2) is 6.44. The number of rotatable bonds is 5. The van der Waals surface area contributed by atoms with Gasteiger partial charge in [0.1, 0.15) is 11.0 Å². The number of aromatic nitrogens is 3. The van der Waals surface area contributed by atoms with Gasteiger partial charge in [-0.3, -0.25) is 0 Å². The summed E-state index contributed by atoms with van der Waals surface area (Å²) in [5.41, 5.74) is -0.275. The standard InChI is InChI=1S/C13H21F3N6OP/c1-19(2)24(20(3)4,21(5)6)23-22-12-9-10(13(14,15)16)7-8-11(12)17-18-22/h7-9H,1-6H3/q+1. The molecule has 0 bridgehead atoms. The Morgan fingerprint density at radius 2 is 1.54 bits per heavy atom. The van der Waals surface area contributed by atoms with Crippen LogP contribution in [0.1, 0.15) is 5.56 Å². The molecule has 0 atom stereocenters. The molecule has 1 aromatic carbocycles. The van der Waals surface area contributed by atoms with Gasteiger partial charge in [-0.1, -0.05) is 0 Å². The first-order chi connectivity index (χ1) is 11.0. The maximum Gasteiger partial charge on any atom is 0.449 e. The first-order valence-electron chi connectivity index (χ1n) is 7.05. The zero-order chi connectivity index (χ0) is 18.3. The average Bonchev–Trinajstić information content (AvgIpc) is 2.84. The summed E-state index contributed by atoms with van der Waals surface area (Å²) >= 11 is 0. The smallest absolute Gasteiger partial charge is 0.183 e. The number of hydrogen-bond donors (Lipinski definition) is 0.